The fraction of sp³-hybridized carbons (Fsp3) is 0.167. The highest BCUT2D eigenvalue weighted by molar-refractivity contribution is 9.10. The molecule has 0 unspecified atom stereocenters. The van der Waals surface area contributed by atoms with Crippen molar-refractivity contribution in [1.82, 2.24) is 9.80 Å². The number of hydrogen-bond donors (Lipinski definition) is 0. The fourth-order valence-electron chi connectivity index (χ4n) is 3.08. The molecule has 1 heterocycles. The Morgan fingerprint density at radius 1 is 1.03 bits per heavy atom. The summed E-state index contributed by atoms with van der Waals surface area (Å²) in [6.45, 7) is 4.29. The smallest absolute Gasteiger partial charge is 0.254 e. The molecule has 2 amide bonds. The van der Waals surface area contributed by atoms with Crippen LogP contribution < -0.4 is 0 Å². The van der Waals surface area contributed by atoms with Gasteiger partial charge in [0.25, 0.3) is 5.91 Å². The summed E-state index contributed by atoms with van der Waals surface area (Å²) in [7, 11) is 0. The van der Waals surface area contributed by atoms with Gasteiger partial charge in [0.05, 0.1) is 12.8 Å². The molecule has 0 aliphatic carbocycles. The molecule has 0 radical (unpaired) electrons. The molecular weight excluding hydrogens is 463 g/mol. The second kappa shape index (κ2) is 10.7. The van der Waals surface area contributed by atoms with E-state index in [9.17, 15) is 14.0 Å². The standard InChI is InChI=1S/C24H22BrFN2O3/c1-2-12-27(24(30)19-5-3-6-20(25)14-19)17-23(29)28(16-22-7-4-13-31-22)15-18-8-10-21(26)11-9-18/h2-11,13-14H,1,12,15-17H2. The lowest BCUT2D eigenvalue weighted by molar-refractivity contribution is -0.133. The van der Waals surface area contributed by atoms with Gasteiger partial charge in [-0.1, -0.05) is 40.2 Å². The van der Waals surface area contributed by atoms with Gasteiger partial charge in [-0.3, -0.25) is 9.59 Å². The van der Waals surface area contributed by atoms with E-state index < -0.39 is 0 Å². The Hall–Kier alpha value is -3.19. The Labute approximate surface area is 188 Å². The predicted octanol–water partition coefficient (Wildman–Crippen LogP) is 5.04. The molecule has 0 saturated heterocycles. The van der Waals surface area contributed by atoms with Crippen LogP contribution in [0.25, 0.3) is 0 Å². The van der Waals surface area contributed by atoms with Gasteiger partial charge in [0.2, 0.25) is 5.91 Å². The average molecular weight is 485 g/mol. The number of rotatable bonds is 9. The summed E-state index contributed by atoms with van der Waals surface area (Å²) >= 11 is 3.36. The quantitative estimate of drug-likeness (QED) is 0.399. The van der Waals surface area contributed by atoms with E-state index in [1.54, 1.807) is 53.4 Å². The minimum Gasteiger partial charge on any atom is -0.467 e. The number of hydrogen-bond acceptors (Lipinski definition) is 3. The summed E-state index contributed by atoms with van der Waals surface area (Å²) in [6, 6.07) is 16.5. The van der Waals surface area contributed by atoms with Crippen molar-refractivity contribution < 1.29 is 18.4 Å². The Kier molecular flexibility index (Phi) is 7.78. The number of carbonyl (C=O) groups is 2. The van der Waals surface area contributed by atoms with Gasteiger partial charge in [-0.15, -0.1) is 6.58 Å². The Morgan fingerprint density at radius 3 is 2.45 bits per heavy atom. The molecule has 0 aliphatic rings. The highest BCUT2D eigenvalue weighted by Gasteiger charge is 2.23. The van der Waals surface area contributed by atoms with Gasteiger partial charge in [-0.2, -0.15) is 0 Å². The van der Waals surface area contributed by atoms with Crippen LogP contribution in [-0.2, 0) is 17.9 Å². The molecule has 2 aromatic carbocycles. The van der Waals surface area contributed by atoms with E-state index in [4.69, 9.17) is 4.42 Å². The fourth-order valence-corrected chi connectivity index (χ4v) is 3.47. The summed E-state index contributed by atoms with van der Waals surface area (Å²) < 4.78 is 19.4. The largest absolute Gasteiger partial charge is 0.467 e. The van der Waals surface area contributed by atoms with Crippen LogP contribution in [0.1, 0.15) is 21.7 Å². The molecule has 1 aromatic heterocycles. The second-order valence-corrected chi connectivity index (χ2v) is 7.86. The molecule has 0 N–H and O–H groups in total. The first kappa shape index (κ1) is 22.5. The van der Waals surface area contributed by atoms with Crippen LogP contribution in [-0.4, -0.2) is 34.7 Å². The van der Waals surface area contributed by atoms with Crippen LogP contribution in [0.15, 0.2) is 88.5 Å². The van der Waals surface area contributed by atoms with Gasteiger partial charge >= 0.3 is 0 Å². The van der Waals surface area contributed by atoms with E-state index in [0.29, 0.717) is 11.3 Å². The van der Waals surface area contributed by atoms with Gasteiger partial charge in [0.1, 0.15) is 18.1 Å². The van der Waals surface area contributed by atoms with Gasteiger partial charge < -0.3 is 14.2 Å². The third kappa shape index (κ3) is 6.39. The van der Waals surface area contributed by atoms with E-state index in [2.05, 4.69) is 22.5 Å². The van der Waals surface area contributed by atoms with Crippen LogP contribution in [0.4, 0.5) is 4.39 Å². The van der Waals surface area contributed by atoms with Crippen LogP contribution >= 0.6 is 15.9 Å². The van der Waals surface area contributed by atoms with Gasteiger partial charge in [0, 0.05) is 23.1 Å². The van der Waals surface area contributed by atoms with Crippen molar-refractivity contribution >= 4 is 27.7 Å². The maximum absolute atomic E-state index is 13.3. The predicted molar refractivity (Wildman–Crippen MR) is 120 cm³/mol. The zero-order valence-corrected chi connectivity index (χ0v) is 18.4. The van der Waals surface area contributed by atoms with Crippen LogP contribution in [0.3, 0.4) is 0 Å². The third-order valence-electron chi connectivity index (χ3n) is 4.60. The lowest BCUT2D eigenvalue weighted by Gasteiger charge is -2.27. The summed E-state index contributed by atoms with van der Waals surface area (Å²) in [5.74, 6) is -0.256. The van der Waals surface area contributed by atoms with Crippen molar-refractivity contribution in [3.63, 3.8) is 0 Å². The second-order valence-electron chi connectivity index (χ2n) is 6.94. The topological polar surface area (TPSA) is 53.8 Å². The number of furan rings is 1. The molecule has 0 spiro atoms. The van der Waals surface area contributed by atoms with E-state index in [-0.39, 0.29) is 43.8 Å². The Morgan fingerprint density at radius 2 is 1.81 bits per heavy atom. The number of benzene rings is 2. The Balaban J connectivity index is 1.79. The third-order valence-corrected chi connectivity index (χ3v) is 5.09. The van der Waals surface area contributed by atoms with Crippen molar-refractivity contribution in [2.45, 2.75) is 13.1 Å². The average Bonchev–Trinajstić information content (AvgIpc) is 3.27. The highest BCUT2D eigenvalue weighted by atomic mass is 79.9. The first-order valence-corrected chi connectivity index (χ1v) is 10.5. The highest BCUT2D eigenvalue weighted by Crippen LogP contribution is 2.16. The molecule has 0 aliphatic heterocycles. The molecule has 0 fully saturated rings. The summed E-state index contributed by atoms with van der Waals surface area (Å²) in [5, 5.41) is 0. The molecule has 31 heavy (non-hydrogen) atoms. The zero-order valence-electron chi connectivity index (χ0n) is 16.8. The Bertz CT molecular complexity index is 1040. The van der Waals surface area contributed by atoms with E-state index >= 15 is 0 Å². The minimum atomic E-state index is -0.343. The summed E-state index contributed by atoms with van der Waals surface area (Å²) in [5.41, 5.74) is 1.25. The molecule has 5 nitrogen and oxygen atoms in total. The minimum absolute atomic E-state index is 0.126. The monoisotopic (exact) mass is 484 g/mol. The lowest BCUT2D eigenvalue weighted by Crippen LogP contribution is -2.42. The van der Waals surface area contributed by atoms with Crippen molar-refractivity contribution in [3.05, 3.63) is 107 Å². The number of halogens is 2. The number of nitrogens with zero attached hydrogens (tertiary/aromatic N) is 2. The molecule has 0 bridgehead atoms. The first-order valence-electron chi connectivity index (χ1n) is 9.66. The van der Waals surface area contributed by atoms with Crippen molar-refractivity contribution in [2.75, 3.05) is 13.1 Å². The molecule has 7 heteroatoms. The maximum atomic E-state index is 13.3. The molecule has 0 saturated carbocycles. The normalized spacial score (nSPS) is 10.5. The van der Waals surface area contributed by atoms with Crippen LogP contribution in [0, 0.1) is 5.82 Å². The maximum Gasteiger partial charge on any atom is 0.254 e. The molecular formula is C24H22BrFN2O3. The van der Waals surface area contributed by atoms with Gasteiger partial charge in [-0.05, 0) is 48.0 Å². The summed E-state index contributed by atoms with van der Waals surface area (Å²) in [4.78, 5) is 29.2. The molecule has 3 rings (SSSR count). The van der Waals surface area contributed by atoms with Crippen LogP contribution in [0.5, 0.6) is 0 Å². The van der Waals surface area contributed by atoms with Crippen molar-refractivity contribution in [1.29, 1.82) is 0 Å². The molecule has 160 valence electrons. The summed E-state index contributed by atoms with van der Waals surface area (Å²) in [6.07, 6.45) is 3.12. The van der Waals surface area contributed by atoms with Crippen LogP contribution in [0.2, 0.25) is 0 Å². The van der Waals surface area contributed by atoms with E-state index in [1.165, 1.54) is 23.3 Å². The van der Waals surface area contributed by atoms with Crippen molar-refractivity contribution in [3.8, 4) is 0 Å². The molecule has 0 atom stereocenters. The van der Waals surface area contributed by atoms with Gasteiger partial charge in [0.15, 0.2) is 0 Å². The van der Waals surface area contributed by atoms with E-state index in [0.717, 1.165) is 10.0 Å². The lowest BCUT2D eigenvalue weighted by atomic mass is 10.2. The SMILES string of the molecule is C=CCN(CC(=O)N(Cc1ccc(F)cc1)Cc1ccco1)C(=O)c1cccc(Br)c1. The number of carbonyl (C=O) groups excluding carboxylic acids is 2. The molecule has 3 aromatic rings. The number of amides is 2. The first-order chi connectivity index (χ1) is 15.0. The van der Waals surface area contributed by atoms with Gasteiger partial charge in [-0.25, -0.2) is 4.39 Å². The van der Waals surface area contributed by atoms with E-state index in [1.807, 2.05) is 6.07 Å². The zero-order chi connectivity index (χ0) is 22.2. The van der Waals surface area contributed by atoms with Crippen molar-refractivity contribution in [2.24, 2.45) is 0 Å².